The molecule has 108 valence electrons. The van der Waals surface area contributed by atoms with Crippen LogP contribution >= 0.6 is 7.60 Å². The minimum atomic E-state index is -3.77. The van der Waals surface area contributed by atoms with Crippen LogP contribution in [0.5, 0.6) is 6.01 Å². The van der Waals surface area contributed by atoms with Crippen LogP contribution in [0, 0.1) is 0 Å². The summed E-state index contributed by atoms with van der Waals surface area (Å²) in [6.07, 6.45) is -0.203. The highest BCUT2D eigenvalue weighted by atomic mass is 31.2. The highest BCUT2D eigenvalue weighted by Crippen LogP contribution is 2.45. The quantitative estimate of drug-likeness (QED) is 0.493. The third-order valence-corrected chi connectivity index (χ3v) is 4.47. The van der Waals surface area contributed by atoms with Crippen molar-refractivity contribution in [3.05, 3.63) is 18.2 Å². The minimum absolute atomic E-state index is 0.0185. The Labute approximate surface area is 115 Å². The maximum atomic E-state index is 12.0. The van der Waals surface area contributed by atoms with Gasteiger partial charge in [-0.3, -0.25) is 4.57 Å². The molecule has 3 rings (SSSR count). The molecule has 8 heteroatoms. The van der Waals surface area contributed by atoms with E-state index in [0.29, 0.717) is 24.4 Å². The van der Waals surface area contributed by atoms with E-state index in [2.05, 4.69) is 4.98 Å². The molecule has 1 aromatic carbocycles. The van der Waals surface area contributed by atoms with E-state index in [0.717, 1.165) is 5.52 Å². The summed E-state index contributed by atoms with van der Waals surface area (Å²) in [4.78, 5) is 14.1. The van der Waals surface area contributed by atoms with E-state index in [1.165, 1.54) is 0 Å². The molecular weight excluding hydrogens is 281 g/mol. The second kappa shape index (κ2) is 4.77. The van der Waals surface area contributed by atoms with E-state index < -0.39 is 7.60 Å². The molecule has 0 bridgehead atoms. The lowest BCUT2D eigenvalue weighted by atomic mass is 10.3. The van der Waals surface area contributed by atoms with Crippen LogP contribution in [0.4, 0.5) is 5.69 Å². The van der Waals surface area contributed by atoms with Crippen molar-refractivity contribution in [2.75, 3.05) is 18.5 Å². The molecule has 2 aromatic rings. The number of benzene rings is 1. The van der Waals surface area contributed by atoms with E-state index in [9.17, 15) is 9.46 Å². The summed E-state index contributed by atoms with van der Waals surface area (Å²) in [5, 5.41) is 0. The fraction of sp³-hybridized carbons (Fsp3) is 0.417. The molecule has 0 amide bonds. The number of nitrogen functional groups attached to an aromatic ring is 1. The normalized spacial score (nSPS) is 20.8. The molecule has 2 unspecified atom stereocenters. The number of hydrogen-bond acceptors (Lipinski definition) is 5. The van der Waals surface area contributed by atoms with Gasteiger partial charge in [0, 0.05) is 6.54 Å². The van der Waals surface area contributed by atoms with Gasteiger partial charge in [0.05, 0.1) is 30.1 Å². The summed E-state index contributed by atoms with van der Waals surface area (Å²) < 4.78 is 24.0. The number of imidazole rings is 1. The molecule has 7 nitrogen and oxygen atoms in total. The zero-order valence-corrected chi connectivity index (χ0v) is 11.9. The monoisotopic (exact) mass is 297 g/mol. The second-order valence-corrected chi connectivity index (χ2v) is 6.54. The first kappa shape index (κ1) is 13.4. The summed E-state index contributed by atoms with van der Waals surface area (Å²) in [5.74, 6) is 0. The Morgan fingerprint density at radius 2 is 2.40 bits per heavy atom. The molecule has 1 aliphatic rings. The molecule has 0 aliphatic carbocycles. The van der Waals surface area contributed by atoms with Gasteiger partial charge >= 0.3 is 13.6 Å². The van der Waals surface area contributed by atoms with Crippen molar-refractivity contribution in [2.45, 2.75) is 19.6 Å². The molecule has 0 saturated carbocycles. The van der Waals surface area contributed by atoms with Crippen molar-refractivity contribution >= 4 is 24.3 Å². The smallest absolute Gasteiger partial charge is 0.381 e. The predicted octanol–water partition coefficient (Wildman–Crippen LogP) is 1.60. The number of aryl methyl sites for hydroxylation is 1. The Kier molecular flexibility index (Phi) is 3.20. The molecular formula is C12H16N3O4P. The molecule has 1 aliphatic heterocycles. The standard InChI is InChI=1S/C12H16N3O4P/c1-2-15-10-5-3-4-9(13)11(10)14-12(15)19-20(16,17)7-8-6-18-8/h3-5,8H,2,6-7,13H2,1H3,(H,16,17). The summed E-state index contributed by atoms with van der Waals surface area (Å²) >= 11 is 0. The van der Waals surface area contributed by atoms with Crippen molar-refractivity contribution in [1.82, 2.24) is 9.55 Å². The summed E-state index contributed by atoms with van der Waals surface area (Å²) in [6, 6.07) is 5.51. The number of anilines is 1. The lowest BCUT2D eigenvalue weighted by molar-refractivity contribution is 0.347. The van der Waals surface area contributed by atoms with Gasteiger partial charge in [0.15, 0.2) is 0 Å². The van der Waals surface area contributed by atoms with Gasteiger partial charge < -0.3 is 19.9 Å². The topological polar surface area (TPSA) is 103 Å². The summed E-state index contributed by atoms with van der Waals surface area (Å²) in [6.45, 7) is 2.98. The van der Waals surface area contributed by atoms with Crippen molar-refractivity contribution in [3.63, 3.8) is 0 Å². The first-order chi connectivity index (χ1) is 9.50. The number of ether oxygens (including phenoxy) is 1. The van der Waals surface area contributed by atoms with Crippen LogP contribution in [-0.4, -0.2) is 33.3 Å². The van der Waals surface area contributed by atoms with Gasteiger partial charge in [-0.05, 0) is 19.1 Å². The molecule has 1 saturated heterocycles. The molecule has 0 spiro atoms. The molecule has 2 heterocycles. The first-order valence-electron chi connectivity index (χ1n) is 6.38. The van der Waals surface area contributed by atoms with Gasteiger partial charge in [0.2, 0.25) is 0 Å². The number of para-hydroxylation sites is 1. The zero-order chi connectivity index (χ0) is 14.3. The van der Waals surface area contributed by atoms with Crippen LogP contribution in [-0.2, 0) is 15.8 Å². The third kappa shape index (κ3) is 2.52. The number of fused-ring (bicyclic) bond motifs is 1. The third-order valence-electron chi connectivity index (χ3n) is 3.15. The molecule has 0 radical (unpaired) electrons. The Bertz CT molecular complexity index is 695. The number of epoxide rings is 1. The number of nitrogens with two attached hydrogens (primary N) is 1. The molecule has 3 N–H and O–H groups in total. The predicted molar refractivity (Wildman–Crippen MR) is 74.9 cm³/mol. The molecule has 20 heavy (non-hydrogen) atoms. The van der Waals surface area contributed by atoms with Crippen molar-refractivity contribution in [1.29, 1.82) is 0 Å². The average Bonchev–Trinajstić information content (AvgIpc) is 3.09. The molecule has 2 atom stereocenters. The van der Waals surface area contributed by atoms with Crippen molar-refractivity contribution < 1.29 is 18.7 Å². The van der Waals surface area contributed by atoms with Crippen LogP contribution in [0.15, 0.2) is 18.2 Å². The molecule has 1 fully saturated rings. The average molecular weight is 297 g/mol. The lowest BCUT2D eigenvalue weighted by Crippen LogP contribution is -2.06. The fourth-order valence-electron chi connectivity index (χ4n) is 2.12. The van der Waals surface area contributed by atoms with E-state index in [-0.39, 0.29) is 18.3 Å². The maximum absolute atomic E-state index is 12.0. The Morgan fingerprint density at radius 3 is 3.05 bits per heavy atom. The van der Waals surface area contributed by atoms with Gasteiger partial charge in [-0.15, -0.1) is 0 Å². The largest absolute Gasteiger partial charge is 0.397 e. The van der Waals surface area contributed by atoms with Crippen LogP contribution < -0.4 is 10.3 Å². The highest BCUT2D eigenvalue weighted by molar-refractivity contribution is 7.53. The van der Waals surface area contributed by atoms with Crippen LogP contribution in [0.25, 0.3) is 11.0 Å². The Hall–Kier alpha value is -1.56. The Morgan fingerprint density at radius 1 is 1.65 bits per heavy atom. The van der Waals surface area contributed by atoms with Crippen LogP contribution in [0.3, 0.4) is 0 Å². The van der Waals surface area contributed by atoms with Gasteiger partial charge in [-0.1, -0.05) is 6.07 Å². The van der Waals surface area contributed by atoms with Crippen LogP contribution in [0.1, 0.15) is 6.92 Å². The fourth-order valence-corrected chi connectivity index (χ4v) is 3.31. The molecule has 1 aromatic heterocycles. The van der Waals surface area contributed by atoms with Gasteiger partial charge in [-0.25, -0.2) is 4.57 Å². The van der Waals surface area contributed by atoms with E-state index >= 15 is 0 Å². The zero-order valence-electron chi connectivity index (χ0n) is 11.0. The first-order valence-corrected chi connectivity index (χ1v) is 8.14. The highest BCUT2D eigenvalue weighted by Gasteiger charge is 2.35. The number of nitrogens with zero attached hydrogens (tertiary/aromatic N) is 2. The van der Waals surface area contributed by atoms with E-state index in [1.54, 1.807) is 10.6 Å². The lowest BCUT2D eigenvalue weighted by Gasteiger charge is -2.12. The van der Waals surface area contributed by atoms with E-state index in [4.69, 9.17) is 15.0 Å². The maximum Gasteiger partial charge on any atom is 0.381 e. The van der Waals surface area contributed by atoms with Crippen molar-refractivity contribution in [2.24, 2.45) is 0 Å². The van der Waals surface area contributed by atoms with Crippen molar-refractivity contribution in [3.8, 4) is 6.01 Å². The summed E-state index contributed by atoms with van der Waals surface area (Å²) in [7, 11) is -3.77. The summed E-state index contributed by atoms with van der Waals surface area (Å²) in [5.41, 5.74) is 7.74. The Balaban J connectivity index is 1.98. The number of hydrogen-bond donors (Lipinski definition) is 2. The van der Waals surface area contributed by atoms with Gasteiger partial charge in [-0.2, -0.15) is 4.98 Å². The number of rotatable bonds is 5. The van der Waals surface area contributed by atoms with Gasteiger partial charge in [0.25, 0.3) is 0 Å². The SMILES string of the molecule is CCn1c(OP(=O)(O)CC2CO2)nc2c(N)cccc21. The van der Waals surface area contributed by atoms with Gasteiger partial charge in [0.1, 0.15) is 5.52 Å². The van der Waals surface area contributed by atoms with Crippen LogP contribution in [0.2, 0.25) is 0 Å². The number of aromatic nitrogens is 2. The van der Waals surface area contributed by atoms with E-state index in [1.807, 2.05) is 19.1 Å². The second-order valence-electron chi connectivity index (χ2n) is 4.72. The minimum Gasteiger partial charge on any atom is -0.397 e.